The van der Waals surface area contributed by atoms with E-state index < -0.39 is 11.0 Å². The summed E-state index contributed by atoms with van der Waals surface area (Å²) in [7, 11) is 0. The minimum atomic E-state index is -0.673. The number of hydrogen-bond donors (Lipinski definition) is 1. The van der Waals surface area contributed by atoms with Gasteiger partial charge in [-0.05, 0) is 31.2 Å². The largest absolute Gasteiger partial charge is 0.476 e. The number of benzene rings is 2. The van der Waals surface area contributed by atoms with Crippen LogP contribution >= 0.6 is 35.4 Å². The lowest BCUT2D eigenvalue weighted by molar-refractivity contribution is -0.386. The lowest BCUT2D eigenvalue weighted by Crippen LogP contribution is -2.29. The highest BCUT2D eigenvalue weighted by Gasteiger charge is 2.20. The van der Waals surface area contributed by atoms with Gasteiger partial charge in [0.05, 0.1) is 9.95 Å². The van der Waals surface area contributed by atoms with Crippen LogP contribution in [0.2, 0.25) is 10.0 Å². The van der Waals surface area contributed by atoms with Crippen LogP contribution in [0.15, 0.2) is 36.4 Å². The normalized spacial score (nSPS) is 11.6. The highest BCUT2D eigenvalue weighted by Crippen LogP contribution is 2.36. The second-order valence-electron chi connectivity index (χ2n) is 4.73. The molecule has 2 aromatic carbocycles. The summed E-state index contributed by atoms with van der Waals surface area (Å²) in [5, 5.41) is 11.9. The van der Waals surface area contributed by atoms with Crippen LogP contribution in [-0.4, -0.2) is 16.0 Å². The second-order valence-corrected chi connectivity index (χ2v) is 6.04. The van der Waals surface area contributed by atoms with E-state index in [0.717, 1.165) is 0 Å². The zero-order chi connectivity index (χ0) is 17.9. The van der Waals surface area contributed by atoms with Gasteiger partial charge in [-0.15, -0.1) is 0 Å². The summed E-state index contributed by atoms with van der Waals surface area (Å²) >= 11 is 16.7. The molecule has 0 aliphatic carbocycles. The molecule has 0 radical (unpaired) electrons. The minimum Gasteiger partial charge on any atom is -0.476 e. The number of nitrogens with two attached hydrogens (primary N) is 1. The van der Waals surface area contributed by atoms with Crippen molar-refractivity contribution in [2.24, 2.45) is 5.73 Å². The second kappa shape index (κ2) is 7.65. The van der Waals surface area contributed by atoms with E-state index in [4.69, 9.17) is 50.6 Å². The first-order valence-electron chi connectivity index (χ1n) is 6.65. The van der Waals surface area contributed by atoms with Crippen LogP contribution in [0.1, 0.15) is 6.92 Å². The summed E-state index contributed by atoms with van der Waals surface area (Å²) in [5.41, 5.74) is 5.25. The molecule has 0 fully saturated rings. The summed E-state index contributed by atoms with van der Waals surface area (Å²) < 4.78 is 11.1. The maximum Gasteiger partial charge on any atom is 0.311 e. The zero-order valence-electron chi connectivity index (χ0n) is 12.4. The molecule has 0 saturated carbocycles. The number of rotatable bonds is 6. The molecule has 0 heterocycles. The molecule has 1 unspecified atom stereocenters. The summed E-state index contributed by atoms with van der Waals surface area (Å²) in [6, 6.07) is 8.79. The van der Waals surface area contributed by atoms with Gasteiger partial charge in [0.1, 0.15) is 22.6 Å². The Hall–Kier alpha value is -2.09. The molecule has 0 amide bonds. The van der Waals surface area contributed by atoms with E-state index in [-0.39, 0.29) is 16.4 Å². The quantitative estimate of drug-likeness (QED) is 0.437. The van der Waals surface area contributed by atoms with Crippen LogP contribution in [-0.2, 0) is 0 Å². The highest BCUT2D eigenvalue weighted by atomic mass is 35.5. The lowest BCUT2D eigenvalue weighted by atomic mass is 10.2. The molecule has 0 aliphatic heterocycles. The van der Waals surface area contributed by atoms with Crippen molar-refractivity contribution in [1.29, 1.82) is 0 Å². The monoisotopic (exact) mass is 386 g/mol. The van der Waals surface area contributed by atoms with Crippen molar-refractivity contribution in [2.45, 2.75) is 13.0 Å². The summed E-state index contributed by atoms with van der Waals surface area (Å²) in [6.45, 7) is 1.59. The molecule has 2 aromatic rings. The van der Waals surface area contributed by atoms with E-state index in [1.54, 1.807) is 19.1 Å². The van der Waals surface area contributed by atoms with Crippen molar-refractivity contribution in [1.82, 2.24) is 0 Å². The van der Waals surface area contributed by atoms with Gasteiger partial charge in [-0.3, -0.25) is 10.1 Å². The van der Waals surface area contributed by atoms with Crippen LogP contribution in [0.3, 0.4) is 0 Å². The van der Waals surface area contributed by atoms with E-state index in [2.05, 4.69) is 0 Å². The van der Waals surface area contributed by atoms with Crippen molar-refractivity contribution >= 4 is 46.1 Å². The van der Waals surface area contributed by atoms with Crippen molar-refractivity contribution in [3.05, 3.63) is 56.6 Å². The third kappa shape index (κ3) is 4.47. The Morgan fingerprint density at radius 1 is 1.25 bits per heavy atom. The van der Waals surface area contributed by atoms with Gasteiger partial charge in [0, 0.05) is 17.2 Å². The third-order valence-electron chi connectivity index (χ3n) is 2.95. The SMILES string of the molecule is CC(Oc1cc(Oc2ccc(Cl)cc2Cl)ccc1[N+](=O)[O-])C(N)=S. The van der Waals surface area contributed by atoms with E-state index >= 15 is 0 Å². The summed E-state index contributed by atoms with van der Waals surface area (Å²) in [4.78, 5) is 10.6. The average molecular weight is 387 g/mol. The maximum atomic E-state index is 11.1. The number of nitro benzene ring substituents is 1. The lowest BCUT2D eigenvalue weighted by Gasteiger charge is -2.14. The molecule has 1 atom stereocenters. The molecule has 2 rings (SSSR count). The molecule has 9 heteroatoms. The van der Waals surface area contributed by atoms with Gasteiger partial charge in [-0.2, -0.15) is 0 Å². The number of nitrogens with zero attached hydrogens (tertiary/aromatic N) is 1. The Morgan fingerprint density at radius 2 is 1.96 bits per heavy atom. The van der Waals surface area contributed by atoms with Crippen LogP contribution in [0.5, 0.6) is 17.2 Å². The first-order chi connectivity index (χ1) is 11.3. The first-order valence-corrected chi connectivity index (χ1v) is 7.81. The number of thiocarbonyl (C=S) groups is 1. The van der Waals surface area contributed by atoms with E-state index in [1.165, 1.54) is 24.3 Å². The Labute approximate surface area is 153 Å². The standard InChI is InChI=1S/C15H12Cl2N2O4S/c1-8(15(18)24)22-14-7-10(3-4-12(14)19(20)21)23-13-5-2-9(16)6-11(13)17/h2-8H,1H3,(H2,18,24). The molecule has 0 saturated heterocycles. The molecule has 0 aliphatic rings. The highest BCUT2D eigenvalue weighted by molar-refractivity contribution is 7.80. The zero-order valence-corrected chi connectivity index (χ0v) is 14.7. The van der Waals surface area contributed by atoms with E-state index in [0.29, 0.717) is 21.5 Å². The van der Waals surface area contributed by atoms with Crippen molar-refractivity contribution in [3.8, 4) is 17.2 Å². The van der Waals surface area contributed by atoms with Crippen molar-refractivity contribution in [2.75, 3.05) is 0 Å². The van der Waals surface area contributed by atoms with E-state index in [1.807, 2.05) is 0 Å². The molecule has 24 heavy (non-hydrogen) atoms. The number of ether oxygens (including phenoxy) is 2. The molecule has 6 nitrogen and oxygen atoms in total. The topological polar surface area (TPSA) is 87.6 Å². The predicted octanol–water partition coefficient (Wildman–Crippen LogP) is 4.75. The molecule has 0 bridgehead atoms. The van der Waals surface area contributed by atoms with Crippen LogP contribution in [0, 0.1) is 10.1 Å². The van der Waals surface area contributed by atoms with E-state index in [9.17, 15) is 10.1 Å². The van der Waals surface area contributed by atoms with Gasteiger partial charge in [-0.25, -0.2) is 0 Å². The fourth-order valence-corrected chi connectivity index (χ4v) is 2.23. The number of halogens is 2. The molecule has 2 N–H and O–H groups in total. The van der Waals surface area contributed by atoms with Crippen LogP contribution in [0.4, 0.5) is 5.69 Å². The molecular weight excluding hydrogens is 375 g/mol. The minimum absolute atomic E-state index is 0.0112. The van der Waals surface area contributed by atoms with Crippen molar-refractivity contribution in [3.63, 3.8) is 0 Å². The van der Waals surface area contributed by atoms with Gasteiger partial charge >= 0.3 is 5.69 Å². The van der Waals surface area contributed by atoms with Gasteiger partial charge < -0.3 is 15.2 Å². The van der Waals surface area contributed by atoms with Gasteiger partial charge in [0.15, 0.2) is 0 Å². The van der Waals surface area contributed by atoms with Gasteiger partial charge in [0.25, 0.3) is 0 Å². The molecular formula is C15H12Cl2N2O4S. The smallest absolute Gasteiger partial charge is 0.311 e. The van der Waals surface area contributed by atoms with Gasteiger partial charge in [0.2, 0.25) is 5.75 Å². The van der Waals surface area contributed by atoms with Gasteiger partial charge in [-0.1, -0.05) is 35.4 Å². The Bertz CT molecular complexity index is 801. The first kappa shape index (κ1) is 18.3. The Kier molecular flexibility index (Phi) is 5.82. The predicted molar refractivity (Wildman–Crippen MR) is 96.5 cm³/mol. The fourth-order valence-electron chi connectivity index (χ4n) is 1.74. The number of hydrogen-bond acceptors (Lipinski definition) is 5. The maximum absolute atomic E-state index is 11.1. The van der Waals surface area contributed by atoms with Crippen LogP contribution < -0.4 is 15.2 Å². The number of nitro groups is 1. The van der Waals surface area contributed by atoms with Crippen molar-refractivity contribution < 1.29 is 14.4 Å². The fraction of sp³-hybridized carbons (Fsp3) is 0.133. The van der Waals surface area contributed by atoms with Crippen LogP contribution in [0.25, 0.3) is 0 Å². The molecule has 0 aromatic heterocycles. The Balaban J connectivity index is 2.34. The third-order valence-corrected chi connectivity index (χ3v) is 3.82. The average Bonchev–Trinajstić information content (AvgIpc) is 2.50. The summed E-state index contributed by atoms with van der Waals surface area (Å²) in [5.74, 6) is 0.640. The molecule has 0 spiro atoms. The summed E-state index contributed by atoms with van der Waals surface area (Å²) in [6.07, 6.45) is -0.673. The Morgan fingerprint density at radius 3 is 2.54 bits per heavy atom. The molecule has 126 valence electrons.